The van der Waals surface area contributed by atoms with Crippen LogP contribution in [0.1, 0.15) is 20.3 Å². The molecule has 4 heteroatoms. The first kappa shape index (κ1) is 14.5. The van der Waals surface area contributed by atoms with Gasteiger partial charge in [-0.15, -0.1) is 0 Å². The Labute approximate surface area is 96.6 Å². The number of ether oxygens (including phenoxy) is 1. The lowest BCUT2D eigenvalue weighted by molar-refractivity contribution is -0.137. The second kappa shape index (κ2) is 10.1. The maximum absolute atomic E-state index is 10.9. The van der Waals surface area contributed by atoms with E-state index in [-0.39, 0.29) is 5.97 Å². The summed E-state index contributed by atoms with van der Waals surface area (Å²) in [5.41, 5.74) is 0. The predicted octanol–water partition coefficient (Wildman–Crippen LogP) is 1.84. The molecule has 0 heterocycles. The van der Waals surface area contributed by atoms with Crippen LogP contribution >= 0.6 is 11.8 Å². The molecule has 0 fully saturated rings. The number of hydrogen-bond donors (Lipinski definition) is 1. The molecule has 0 aromatic heterocycles. The van der Waals surface area contributed by atoms with Crippen molar-refractivity contribution in [3.05, 3.63) is 12.2 Å². The van der Waals surface area contributed by atoms with E-state index in [1.807, 2.05) is 11.8 Å². The fourth-order valence-corrected chi connectivity index (χ4v) is 1.31. The van der Waals surface area contributed by atoms with Crippen LogP contribution in [0.4, 0.5) is 0 Å². The molecule has 0 aliphatic rings. The highest BCUT2D eigenvalue weighted by Gasteiger charge is 1.97. The van der Waals surface area contributed by atoms with Crippen molar-refractivity contribution in [2.45, 2.75) is 25.5 Å². The number of esters is 1. The van der Waals surface area contributed by atoms with Gasteiger partial charge < -0.3 is 10.1 Å². The minimum atomic E-state index is -0.267. The second-order valence-corrected chi connectivity index (χ2v) is 4.47. The molecule has 3 nitrogen and oxygen atoms in total. The molecule has 0 aromatic carbocycles. The Balaban J connectivity index is 3.34. The van der Waals surface area contributed by atoms with Crippen molar-refractivity contribution in [2.75, 3.05) is 26.0 Å². The van der Waals surface area contributed by atoms with Crippen molar-refractivity contribution in [3.8, 4) is 0 Å². The van der Waals surface area contributed by atoms with Gasteiger partial charge >= 0.3 is 5.97 Å². The molecule has 0 radical (unpaired) electrons. The largest absolute Gasteiger partial charge is 0.463 e. The SMILES string of the molecule is CCOC(=O)/C=C/CNCCC(C)SC. The van der Waals surface area contributed by atoms with E-state index in [9.17, 15) is 4.79 Å². The Hall–Kier alpha value is -0.480. The van der Waals surface area contributed by atoms with Crippen LogP contribution in [0.25, 0.3) is 0 Å². The van der Waals surface area contributed by atoms with E-state index in [0.29, 0.717) is 11.9 Å². The van der Waals surface area contributed by atoms with Crippen LogP contribution in [0.2, 0.25) is 0 Å². The van der Waals surface area contributed by atoms with Crippen LogP contribution in [-0.4, -0.2) is 37.2 Å². The quantitative estimate of drug-likeness (QED) is 0.393. The number of nitrogens with one attached hydrogen (secondary N) is 1. The van der Waals surface area contributed by atoms with Crippen LogP contribution in [0.15, 0.2) is 12.2 Å². The number of hydrogen-bond acceptors (Lipinski definition) is 4. The Morgan fingerprint density at radius 2 is 2.33 bits per heavy atom. The number of carbonyl (C=O) groups excluding carboxylic acids is 1. The summed E-state index contributed by atoms with van der Waals surface area (Å²) in [4.78, 5) is 10.9. The first-order valence-corrected chi connectivity index (χ1v) is 6.56. The van der Waals surface area contributed by atoms with E-state index in [0.717, 1.165) is 19.5 Å². The fraction of sp³-hybridized carbons (Fsp3) is 0.727. The Morgan fingerprint density at radius 3 is 2.93 bits per heavy atom. The van der Waals surface area contributed by atoms with Gasteiger partial charge in [0.2, 0.25) is 0 Å². The minimum absolute atomic E-state index is 0.267. The standard InChI is InChI=1S/C11H21NO2S/c1-4-14-11(13)6-5-8-12-9-7-10(2)15-3/h5-6,10,12H,4,7-9H2,1-3H3/b6-5+. The highest BCUT2D eigenvalue weighted by molar-refractivity contribution is 7.99. The Kier molecular flexibility index (Phi) is 9.73. The summed E-state index contributed by atoms with van der Waals surface area (Å²) in [6.07, 6.45) is 6.52. The summed E-state index contributed by atoms with van der Waals surface area (Å²) >= 11 is 1.87. The van der Waals surface area contributed by atoms with Gasteiger partial charge in [0, 0.05) is 17.9 Å². The third-order valence-corrected chi connectivity index (χ3v) is 2.97. The van der Waals surface area contributed by atoms with E-state index in [1.54, 1.807) is 13.0 Å². The number of thioether (sulfide) groups is 1. The molecule has 88 valence electrons. The molecule has 0 aliphatic heterocycles. The second-order valence-electron chi connectivity index (χ2n) is 3.19. The number of rotatable bonds is 8. The summed E-state index contributed by atoms with van der Waals surface area (Å²) < 4.78 is 4.75. The summed E-state index contributed by atoms with van der Waals surface area (Å²) in [6, 6.07) is 0. The van der Waals surface area contributed by atoms with Crippen LogP contribution in [0.3, 0.4) is 0 Å². The van der Waals surface area contributed by atoms with Crippen LogP contribution < -0.4 is 5.32 Å². The predicted molar refractivity (Wildman–Crippen MR) is 66.2 cm³/mol. The summed E-state index contributed by atoms with van der Waals surface area (Å²) in [5, 5.41) is 3.93. The first-order chi connectivity index (χ1) is 7.20. The molecule has 15 heavy (non-hydrogen) atoms. The molecule has 0 saturated carbocycles. The average Bonchev–Trinajstić information content (AvgIpc) is 2.23. The van der Waals surface area contributed by atoms with Gasteiger partial charge in [-0.05, 0) is 26.1 Å². The van der Waals surface area contributed by atoms with Gasteiger partial charge in [0.05, 0.1) is 6.61 Å². The van der Waals surface area contributed by atoms with Gasteiger partial charge in [0.25, 0.3) is 0 Å². The van der Waals surface area contributed by atoms with E-state index in [1.165, 1.54) is 6.08 Å². The minimum Gasteiger partial charge on any atom is -0.463 e. The molecule has 1 unspecified atom stereocenters. The van der Waals surface area contributed by atoms with Crippen molar-refractivity contribution in [3.63, 3.8) is 0 Å². The van der Waals surface area contributed by atoms with Gasteiger partial charge in [-0.2, -0.15) is 11.8 Å². The Bertz CT molecular complexity index is 195. The molecule has 1 atom stereocenters. The molecule has 0 aliphatic carbocycles. The summed E-state index contributed by atoms with van der Waals surface area (Å²) in [6.45, 7) is 6.14. The third kappa shape index (κ3) is 9.82. The van der Waals surface area contributed by atoms with Crippen LogP contribution in [0.5, 0.6) is 0 Å². The molecule has 0 rings (SSSR count). The van der Waals surface area contributed by atoms with Gasteiger partial charge in [-0.3, -0.25) is 0 Å². The summed E-state index contributed by atoms with van der Waals surface area (Å²) in [5.74, 6) is -0.267. The van der Waals surface area contributed by atoms with Gasteiger partial charge in [0.1, 0.15) is 0 Å². The maximum atomic E-state index is 10.9. The molecule has 0 bridgehead atoms. The average molecular weight is 231 g/mol. The first-order valence-electron chi connectivity index (χ1n) is 5.27. The van der Waals surface area contributed by atoms with Gasteiger partial charge in [0.15, 0.2) is 0 Å². The molecule has 0 saturated heterocycles. The van der Waals surface area contributed by atoms with Crippen molar-refractivity contribution in [2.24, 2.45) is 0 Å². The van der Waals surface area contributed by atoms with E-state index in [4.69, 9.17) is 4.74 Å². The van der Waals surface area contributed by atoms with Crippen molar-refractivity contribution >= 4 is 17.7 Å². The lowest BCUT2D eigenvalue weighted by atomic mass is 10.3. The van der Waals surface area contributed by atoms with Crippen LogP contribution in [-0.2, 0) is 9.53 Å². The van der Waals surface area contributed by atoms with Gasteiger partial charge in [-0.1, -0.05) is 13.0 Å². The third-order valence-electron chi connectivity index (χ3n) is 1.93. The zero-order valence-corrected chi connectivity index (χ0v) is 10.6. The van der Waals surface area contributed by atoms with E-state index >= 15 is 0 Å². The molecule has 0 spiro atoms. The fourth-order valence-electron chi connectivity index (χ4n) is 0.954. The molecule has 0 amide bonds. The number of carbonyl (C=O) groups is 1. The molecule has 0 aromatic rings. The molecular weight excluding hydrogens is 210 g/mol. The highest BCUT2D eigenvalue weighted by Crippen LogP contribution is 2.07. The van der Waals surface area contributed by atoms with Crippen molar-refractivity contribution < 1.29 is 9.53 Å². The van der Waals surface area contributed by atoms with E-state index in [2.05, 4.69) is 18.5 Å². The van der Waals surface area contributed by atoms with E-state index < -0.39 is 0 Å². The summed E-state index contributed by atoms with van der Waals surface area (Å²) in [7, 11) is 0. The zero-order valence-electron chi connectivity index (χ0n) is 9.79. The highest BCUT2D eigenvalue weighted by atomic mass is 32.2. The molecule has 1 N–H and O–H groups in total. The van der Waals surface area contributed by atoms with Crippen LogP contribution in [0, 0.1) is 0 Å². The maximum Gasteiger partial charge on any atom is 0.330 e. The lowest BCUT2D eigenvalue weighted by Gasteiger charge is -2.07. The van der Waals surface area contributed by atoms with Gasteiger partial charge in [-0.25, -0.2) is 4.79 Å². The Morgan fingerprint density at radius 1 is 1.60 bits per heavy atom. The lowest BCUT2D eigenvalue weighted by Crippen LogP contribution is -2.18. The smallest absolute Gasteiger partial charge is 0.330 e. The monoisotopic (exact) mass is 231 g/mol. The molecular formula is C11H21NO2S. The zero-order chi connectivity index (χ0) is 11.5. The topological polar surface area (TPSA) is 38.3 Å². The van der Waals surface area contributed by atoms with Crippen molar-refractivity contribution in [1.82, 2.24) is 5.32 Å². The van der Waals surface area contributed by atoms with Crippen molar-refractivity contribution in [1.29, 1.82) is 0 Å². The normalized spacial score (nSPS) is 13.0.